The molecular weight excluding hydrogens is 214 g/mol. The minimum atomic E-state index is 0.688. The Morgan fingerprint density at radius 1 is 1.12 bits per heavy atom. The molecule has 0 atom stereocenters. The maximum atomic E-state index is 5.59. The highest BCUT2D eigenvalue weighted by molar-refractivity contribution is 4.73. The van der Waals surface area contributed by atoms with Crippen molar-refractivity contribution < 1.29 is 4.74 Å². The van der Waals surface area contributed by atoms with Gasteiger partial charge in [0.05, 0.1) is 13.2 Å². The maximum Gasteiger partial charge on any atom is 0.0594 e. The Bertz CT molecular complexity index is 180. The van der Waals surface area contributed by atoms with Crippen LogP contribution in [0, 0.1) is 0 Å². The average Bonchev–Trinajstić information content (AvgIpc) is 2.34. The second kappa shape index (κ2) is 8.86. The van der Waals surface area contributed by atoms with Crippen molar-refractivity contribution in [2.24, 2.45) is 0 Å². The number of hydrogen-bond acceptors (Lipinski definition) is 4. The molecule has 17 heavy (non-hydrogen) atoms. The SMILES string of the molecule is CCNCCOCCN1CCN(C(C)C)CC1. The Balaban J connectivity index is 1.95. The number of ether oxygens (including phenoxy) is 1. The molecule has 4 heteroatoms. The third-order valence-corrected chi connectivity index (χ3v) is 3.36. The first-order valence-electron chi connectivity index (χ1n) is 6.99. The summed E-state index contributed by atoms with van der Waals surface area (Å²) in [4.78, 5) is 5.05. The van der Waals surface area contributed by atoms with E-state index in [1.165, 1.54) is 26.2 Å². The topological polar surface area (TPSA) is 27.7 Å². The van der Waals surface area contributed by atoms with Crippen LogP contribution in [0.3, 0.4) is 0 Å². The summed E-state index contributed by atoms with van der Waals surface area (Å²) in [7, 11) is 0. The molecule has 4 nitrogen and oxygen atoms in total. The van der Waals surface area contributed by atoms with Crippen LogP contribution in [0.25, 0.3) is 0 Å². The fourth-order valence-corrected chi connectivity index (χ4v) is 2.12. The van der Waals surface area contributed by atoms with Crippen LogP contribution >= 0.6 is 0 Å². The van der Waals surface area contributed by atoms with Gasteiger partial charge in [-0.05, 0) is 20.4 Å². The van der Waals surface area contributed by atoms with Gasteiger partial charge < -0.3 is 10.1 Å². The second-order valence-electron chi connectivity index (χ2n) is 4.94. The lowest BCUT2D eigenvalue weighted by atomic mass is 10.2. The third kappa shape index (κ3) is 6.36. The number of hydrogen-bond donors (Lipinski definition) is 1. The van der Waals surface area contributed by atoms with Crippen LogP contribution in [0.1, 0.15) is 20.8 Å². The van der Waals surface area contributed by atoms with Gasteiger partial charge in [0.2, 0.25) is 0 Å². The number of likely N-dealkylation sites (N-methyl/N-ethyl adjacent to an activating group) is 1. The summed E-state index contributed by atoms with van der Waals surface area (Å²) in [5, 5.41) is 3.26. The Morgan fingerprint density at radius 2 is 1.82 bits per heavy atom. The zero-order valence-corrected chi connectivity index (χ0v) is 11.7. The fourth-order valence-electron chi connectivity index (χ4n) is 2.12. The van der Waals surface area contributed by atoms with E-state index in [0.29, 0.717) is 6.04 Å². The molecular formula is C13H29N3O. The van der Waals surface area contributed by atoms with Crippen LogP contribution in [-0.2, 0) is 4.74 Å². The van der Waals surface area contributed by atoms with Crippen molar-refractivity contribution in [1.29, 1.82) is 0 Å². The quantitative estimate of drug-likeness (QED) is 0.633. The lowest BCUT2D eigenvalue weighted by Crippen LogP contribution is -2.49. The minimum absolute atomic E-state index is 0.688. The van der Waals surface area contributed by atoms with Crippen LogP contribution in [-0.4, -0.2) is 74.9 Å². The number of nitrogens with one attached hydrogen (secondary N) is 1. The second-order valence-corrected chi connectivity index (χ2v) is 4.94. The first-order chi connectivity index (χ1) is 8.24. The number of piperazine rings is 1. The van der Waals surface area contributed by atoms with Crippen LogP contribution in [0.5, 0.6) is 0 Å². The molecule has 1 fully saturated rings. The highest BCUT2D eigenvalue weighted by Gasteiger charge is 2.17. The molecule has 0 aromatic heterocycles. The Kier molecular flexibility index (Phi) is 7.77. The number of nitrogens with zero attached hydrogens (tertiary/aromatic N) is 2. The van der Waals surface area contributed by atoms with Crippen molar-refractivity contribution in [1.82, 2.24) is 15.1 Å². The molecule has 0 aromatic carbocycles. The van der Waals surface area contributed by atoms with E-state index in [9.17, 15) is 0 Å². The normalized spacial score (nSPS) is 19.1. The Hall–Kier alpha value is -0.160. The molecule has 0 amide bonds. The van der Waals surface area contributed by atoms with Crippen molar-refractivity contribution >= 4 is 0 Å². The van der Waals surface area contributed by atoms with Gasteiger partial charge >= 0.3 is 0 Å². The van der Waals surface area contributed by atoms with Crippen LogP contribution in [0.2, 0.25) is 0 Å². The standard InChI is InChI=1S/C13H29N3O/c1-4-14-5-11-17-12-10-15-6-8-16(9-7-15)13(2)3/h13-14H,4-12H2,1-3H3. The third-order valence-electron chi connectivity index (χ3n) is 3.36. The van der Waals surface area contributed by atoms with E-state index in [1.807, 2.05) is 0 Å². The van der Waals surface area contributed by atoms with Crippen LogP contribution in [0.15, 0.2) is 0 Å². The average molecular weight is 243 g/mol. The molecule has 102 valence electrons. The lowest BCUT2D eigenvalue weighted by Gasteiger charge is -2.36. The van der Waals surface area contributed by atoms with Gasteiger partial charge in [0.15, 0.2) is 0 Å². The molecule has 0 radical (unpaired) electrons. The van der Waals surface area contributed by atoms with Crippen molar-refractivity contribution in [3.63, 3.8) is 0 Å². The highest BCUT2D eigenvalue weighted by atomic mass is 16.5. The van der Waals surface area contributed by atoms with E-state index in [4.69, 9.17) is 4.74 Å². The maximum absolute atomic E-state index is 5.59. The zero-order valence-electron chi connectivity index (χ0n) is 11.7. The van der Waals surface area contributed by atoms with E-state index in [-0.39, 0.29) is 0 Å². The molecule has 1 aliphatic heterocycles. The molecule has 1 saturated heterocycles. The van der Waals surface area contributed by atoms with E-state index in [0.717, 1.165) is 32.8 Å². The van der Waals surface area contributed by atoms with Gasteiger partial charge in [0.1, 0.15) is 0 Å². The van der Waals surface area contributed by atoms with E-state index in [1.54, 1.807) is 0 Å². The molecule has 0 saturated carbocycles. The first kappa shape index (κ1) is 14.9. The summed E-state index contributed by atoms with van der Waals surface area (Å²) >= 11 is 0. The molecule has 0 spiro atoms. The molecule has 0 unspecified atom stereocenters. The van der Waals surface area contributed by atoms with Gasteiger partial charge in [-0.3, -0.25) is 9.80 Å². The summed E-state index contributed by atoms with van der Waals surface area (Å²) in [5.41, 5.74) is 0. The Morgan fingerprint density at radius 3 is 2.41 bits per heavy atom. The van der Waals surface area contributed by atoms with Gasteiger partial charge in [-0.1, -0.05) is 6.92 Å². The Labute approximate surface area is 106 Å². The molecule has 1 heterocycles. The zero-order chi connectivity index (χ0) is 12.5. The van der Waals surface area contributed by atoms with Gasteiger partial charge in [0, 0.05) is 45.3 Å². The largest absolute Gasteiger partial charge is 0.379 e. The predicted molar refractivity (Wildman–Crippen MR) is 72.5 cm³/mol. The summed E-state index contributed by atoms with van der Waals surface area (Å²) < 4.78 is 5.59. The summed E-state index contributed by atoms with van der Waals surface area (Å²) in [5.74, 6) is 0. The highest BCUT2D eigenvalue weighted by Crippen LogP contribution is 2.05. The van der Waals surface area contributed by atoms with Crippen molar-refractivity contribution in [2.75, 3.05) is 59.0 Å². The smallest absolute Gasteiger partial charge is 0.0594 e. The van der Waals surface area contributed by atoms with Crippen LogP contribution < -0.4 is 5.32 Å². The molecule has 0 aliphatic carbocycles. The van der Waals surface area contributed by atoms with Gasteiger partial charge in [-0.2, -0.15) is 0 Å². The summed E-state index contributed by atoms with van der Waals surface area (Å²) in [6.07, 6.45) is 0. The first-order valence-corrected chi connectivity index (χ1v) is 6.99. The van der Waals surface area contributed by atoms with Gasteiger partial charge in [0.25, 0.3) is 0 Å². The van der Waals surface area contributed by atoms with E-state index >= 15 is 0 Å². The van der Waals surface area contributed by atoms with Crippen molar-refractivity contribution in [2.45, 2.75) is 26.8 Å². The van der Waals surface area contributed by atoms with Crippen molar-refractivity contribution in [3.05, 3.63) is 0 Å². The molecule has 1 aliphatic rings. The molecule has 0 aromatic rings. The molecule has 1 N–H and O–H groups in total. The molecule has 0 bridgehead atoms. The van der Waals surface area contributed by atoms with E-state index < -0.39 is 0 Å². The van der Waals surface area contributed by atoms with Crippen LogP contribution in [0.4, 0.5) is 0 Å². The number of rotatable bonds is 8. The van der Waals surface area contributed by atoms with Gasteiger partial charge in [-0.25, -0.2) is 0 Å². The summed E-state index contributed by atoms with van der Waals surface area (Å²) in [6.45, 7) is 16.2. The van der Waals surface area contributed by atoms with E-state index in [2.05, 4.69) is 35.9 Å². The minimum Gasteiger partial charge on any atom is -0.379 e. The van der Waals surface area contributed by atoms with Gasteiger partial charge in [-0.15, -0.1) is 0 Å². The van der Waals surface area contributed by atoms with Crippen molar-refractivity contribution in [3.8, 4) is 0 Å². The molecule has 1 rings (SSSR count). The monoisotopic (exact) mass is 243 g/mol. The summed E-state index contributed by atoms with van der Waals surface area (Å²) in [6, 6.07) is 0.688. The lowest BCUT2D eigenvalue weighted by molar-refractivity contribution is 0.0675. The predicted octanol–water partition coefficient (Wildman–Crippen LogP) is 0.639. The fraction of sp³-hybridized carbons (Fsp3) is 1.00.